The lowest BCUT2D eigenvalue weighted by atomic mass is 9.95. The van der Waals surface area contributed by atoms with E-state index in [4.69, 9.17) is 0 Å². The van der Waals surface area contributed by atoms with Gasteiger partial charge in [0.25, 0.3) is 0 Å². The summed E-state index contributed by atoms with van der Waals surface area (Å²) in [4.78, 5) is 0. The maximum atomic E-state index is 12.4. The van der Waals surface area contributed by atoms with Gasteiger partial charge in [0.05, 0.1) is 0 Å². The Balaban J connectivity index is 1.50. The van der Waals surface area contributed by atoms with Crippen LogP contribution in [-0.4, -0.2) is 30.4 Å². The molecule has 1 aromatic carbocycles. The van der Waals surface area contributed by atoms with Gasteiger partial charge in [-0.3, -0.25) is 5.43 Å². The lowest BCUT2D eigenvalue weighted by Gasteiger charge is -2.16. The zero-order chi connectivity index (χ0) is 17.9. The molecule has 26 heavy (non-hydrogen) atoms. The molecular formula is C18H26N4O2P2+2. The average molecular weight is 392 g/mol. The van der Waals surface area contributed by atoms with E-state index in [0.29, 0.717) is 5.92 Å². The van der Waals surface area contributed by atoms with Crippen LogP contribution in [0, 0.1) is 5.92 Å². The fraction of sp³-hybridized carbons (Fsp3) is 0.556. The molecule has 4 rings (SSSR count). The topological polar surface area (TPSA) is 73.5 Å². The van der Waals surface area contributed by atoms with Gasteiger partial charge in [0.15, 0.2) is 0 Å². The number of benzene rings is 1. The van der Waals surface area contributed by atoms with E-state index in [1.165, 1.54) is 11.1 Å². The van der Waals surface area contributed by atoms with E-state index in [-0.39, 0.29) is 5.92 Å². The van der Waals surface area contributed by atoms with Crippen LogP contribution in [0.5, 0.6) is 0 Å². The Labute approximate surface area is 156 Å². The Morgan fingerprint density at radius 2 is 1.96 bits per heavy atom. The Hall–Kier alpha value is -1.16. The van der Waals surface area contributed by atoms with E-state index in [0.717, 1.165) is 56.8 Å². The minimum atomic E-state index is -1.77. The number of fused-ring (bicyclic) bond motifs is 5. The molecule has 8 heteroatoms. The summed E-state index contributed by atoms with van der Waals surface area (Å²) >= 11 is 0. The molecule has 0 spiro atoms. The molecule has 3 N–H and O–H groups in total. The molecule has 2 heterocycles. The highest BCUT2D eigenvalue weighted by Gasteiger charge is 2.32. The van der Waals surface area contributed by atoms with E-state index in [2.05, 4.69) is 40.1 Å². The molecule has 138 valence electrons. The summed E-state index contributed by atoms with van der Waals surface area (Å²) in [5.74, 6) is 0.796. The third kappa shape index (κ3) is 4.21. The van der Waals surface area contributed by atoms with Gasteiger partial charge in [-0.1, -0.05) is 28.8 Å². The van der Waals surface area contributed by atoms with Gasteiger partial charge in [0.1, 0.15) is 12.3 Å². The minimum Gasteiger partial charge on any atom is -0.284 e. The SMILES string of the molecule is O=[P+]1CCCC2C(=Cc3ccccc32)NN[P+](=O)NN2CCC(CC1)C2. The number of hydrazine groups is 2. The Morgan fingerprint density at radius 3 is 2.88 bits per heavy atom. The first-order chi connectivity index (χ1) is 12.7. The maximum Gasteiger partial charge on any atom is 0.567 e. The van der Waals surface area contributed by atoms with Crippen LogP contribution >= 0.6 is 15.9 Å². The standard InChI is InChI=1S/C18H26N4O2P2/c23-25-10-3-6-17-16-5-2-1-4-15(16)12-18(17)19-20-26(24)21-22-9-7-14(13-22)8-11-25/h1-2,4-5,12,14,17,19H,3,6-11,13H2,(H2,20,21,24)/q+2. The van der Waals surface area contributed by atoms with Gasteiger partial charge >= 0.3 is 15.9 Å². The van der Waals surface area contributed by atoms with Crippen molar-refractivity contribution in [2.24, 2.45) is 5.92 Å². The number of allylic oxidation sites excluding steroid dienone is 1. The first-order valence-corrected chi connectivity index (χ1v) is 12.3. The van der Waals surface area contributed by atoms with Crippen LogP contribution < -0.4 is 15.8 Å². The quantitative estimate of drug-likeness (QED) is 0.585. The average Bonchev–Trinajstić information content (AvgIpc) is 3.22. The molecule has 5 unspecified atom stereocenters. The highest BCUT2D eigenvalue weighted by molar-refractivity contribution is 7.44. The first-order valence-electron chi connectivity index (χ1n) is 9.42. The second-order valence-corrected chi connectivity index (χ2v) is 10.2. The number of hydrogen-bond donors (Lipinski definition) is 3. The summed E-state index contributed by atoms with van der Waals surface area (Å²) in [6.45, 7) is 1.77. The summed E-state index contributed by atoms with van der Waals surface area (Å²) in [6, 6.07) is 8.36. The van der Waals surface area contributed by atoms with Gasteiger partial charge in [-0.15, -0.1) is 0 Å². The number of nitrogens with one attached hydrogen (secondary N) is 3. The van der Waals surface area contributed by atoms with Crippen LogP contribution in [0.1, 0.15) is 42.7 Å². The predicted octanol–water partition coefficient (Wildman–Crippen LogP) is 3.71. The Bertz CT molecular complexity index is 740. The zero-order valence-corrected chi connectivity index (χ0v) is 16.6. The molecule has 2 saturated heterocycles. The third-order valence-corrected chi connectivity index (χ3v) is 7.92. The number of nitrogens with zero attached hydrogens (tertiary/aromatic N) is 1. The van der Waals surface area contributed by atoms with Crippen LogP contribution in [0.25, 0.3) is 6.08 Å². The first kappa shape index (κ1) is 18.2. The van der Waals surface area contributed by atoms with E-state index in [9.17, 15) is 9.13 Å². The van der Waals surface area contributed by atoms with Crippen LogP contribution in [0.4, 0.5) is 0 Å². The molecule has 1 aliphatic carbocycles. The molecule has 0 amide bonds. The van der Waals surface area contributed by atoms with Gasteiger partial charge in [-0.2, -0.15) is 0 Å². The molecular weight excluding hydrogens is 366 g/mol. The van der Waals surface area contributed by atoms with Crippen LogP contribution in [0.15, 0.2) is 30.0 Å². The normalized spacial score (nSPS) is 32.6. The van der Waals surface area contributed by atoms with Crippen molar-refractivity contribution >= 4 is 22.0 Å². The molecule has 0 radical (unpaired) electrons. The minimum absolute atomic E-state index is 0.243. The zero-order valence-electron chi connectivity index (χ0n) is 14.9. The molecule has 6 nitrogen and oxygen atoms in total. The van der Waals surface area contributed by atoms with Gasteiger partial charge in [0, 0.05) is 24.7 Å². The fourth-order valence-electron chi connectivity index (χ4n) is 4.17. The summed E-state index contributed by atoms with van der Waals surface area (Å²) < 4.78 is 24.8. The van der Waals surface area contributed by atoms with E-state index >= 15 is 0 Å². The lowest BCUT2D eigenvalue weighted by Crippen LogP contribution is -2.37. The predicted molar refractivity (Wildman–Crippen MR) is 105 cm³/mol. The highest BCUT2D eigenvalue weighted by Crippen LogP contribution is 2.39. The van der Waals surface area contributed by atoms with Crippen molar-refractivity contribution in [2.75, 3.05) is 25.4 Å². The van der Waals surface area contributed by atoms with Crippen molar-refractivity contribution in [2.45, 2.75) is 31.6 Å². The van der Waals surface area contributed by atoms with Crippen molar-refractivity contribution in [3.05, 3.63) is 41.1 Å². The molecule has 0 aromatic heterocycles. The van der Waals surface area contributed by atoms with Crippen LogP contribution in [0.3, 0.4) is 0 Å². The smallest absolute Gasteiger partial charge is 0.284 e. The Morgan fingerprint density at radius 1 is 1.08 bits per heavy atom. The van der Waals surface area contributed by atoms with E-state index in [1.54, 1.807) is 0 Å². The van der Waals surface area contributed by atoms with Crippen molar-refractivity contribution in [3.8, 4) is 0 Å². The van der Waals surface area contributed by atoms with E-state index in [1.807, 2.05) is 11.1 Å². The van der Waals surface area contributed by atoms with Crippen molar-refractivity contribution < 1.29 is 9.13 Å². The van der Waals surface area contributed by atoms with Crippen molar-refractivity contribution in [3.63, 3.8) is 0 Å². The monoisotopic (exact) mass is 392 g/mol. The van der Waals surface area contributed by atoms with Crippen LogP contribution in [-0.2, 0) is 9.13 Å². The third-order valence-electron chi connectivity index (χ3n) is 5.56. The lowest BCUT2D eigenvalue weighted by molar-refractivity contribution is 0.287. The van der Waals surface area contributed by atoms with E-state index < -0.39 is 15.9 Å². The van der Waals surface area contributed by atoms with Gasteiger partial charge < -0.3 is 0 Å². The summed E-state index contributed by atoms with van der Waals surface area (Å²) in [6.07, 6.45) is 7.74. The number of rotatable bonds is 0. The Kier molecular flexibility index (Phi) is 5.78. The second-order valence-electron chi connectivity index (χ2n) is 7.37. The fourth-order valence-corrected chi connectivity index (χ4v) is 6.30. The summed E-state index contributed by atoms with van der Waals surface area (Å²) in [5.41, 5.74) is 6.73. The maximum absolute atomic E-state index is 12.4. The summed E-state index contributed by atoms with van der Waals surface area (Å²) in [7, 11) is -2.88. The molecule has 2 fully saturated rings. The molecule has 3 aliphatic rings. The molecule has 1 aromatic rings. The van der Waals surface area contributed by atoms with Crippen molar-refractivity contribution in [1.29, 1.82) is 0 Å². The van der Waals surface area contributed by atoms with Crippen LogP contribution in [0.2, 0.25) is 0 Å². The van der Waals surface area contributed by atoms with Gasteiger partial charge in [0.2, 0.25) is 0 Å². The highest BCUT2D eigenvalue weighted by atomic mass is 31.1. The molecule has 0 saturated carbocycles. The molecule has 2 aliphatic heterocycles. The molecule has 5 atom stereocenters. The summed E-state index contributed by atoms with van der Waals surface area (Å²) in [5, 5.41) is 8.02. The van der Waals surface area contributed by atoms with Crippen molar-refractivity contribution in [1.82, 2.24) is 20.8 Å². The largest absolute Gasteiger partial charge is 0.567 e. The second kappa shape index (κ2) is 8.24. The van der Waals surface area contributed by atoms with Gasteiger partial charge in [-0.25, -0.2) is 5.01 Å². The number of hydrogen-bond acceptors (Lipinski definition) is 4. The van der Waals surface area contributed by atoms with Gasteiger partial charge in [-0.05, 0) is 63.8 Å². The molecule has 2 bridgehead atoms.